The maximum Gasteiger partial charge on any atom is 0.490 e. The Bertz CT molecular complexity index is 1190. The van der Waals surface area contributed by atoms with Crippen LogP contribution in [-0.2, 0) is 31.6 Å². The smallest absolute Gasteiger partial charge is 0.368 e. The molecule has 1 aliphatic rings. The Labute approximate surface area is 171 Å². The molecule has 3 rings (SSSR count). The quantitative estimate of drug-likeness (QED) is 0.183. The number of phosphoric acid groups is 3. The number of nitrogens with two attached hydrogens (primary N) is 2. The average Bonchev–Trinajstić information content (AvgIpc) is 3.21. The lowest BCUT2D eigenvalue weighted by atomic mass is 10.2. The van der Waals surface area contributed by atoms with Gasteiger partial charge in [-0.2, -0.15) is 13.6 Å². The molecule has 18 nitrogen and oxygen atoms in total. The minimum absolute atomic E-state index is 0.0583. The molecule has 1 aliphatic heterocycles. The summed E-state index contributed by atoms with van der Waals surface area (Å²) in [4.78, 5) is 54.9. The number of nitrogen functional groups attached to an aromatic ring is 2. The molecule has 2 aromatic rings. The standard InChI is InChI=1S/C10H17N6O12P3/c11-10-14-8(17)7-9(16(10)12)15(4-13-7)6-2-1-5(26-6)3-25-30(21,22)28-31(23,24)27-29(18,19)20/h4-6H,1-3,12H2,(H,21,22)(H,23,24)(H2,11,14,17)(H2,18,19,20)/t5-,6+/m0/s1. The summed E-state index contributed by atoms with van der Waals surface area (Å²) in [6, 6.07) is 0. The molecule has 21 heteroatoms. The van der Waals surface area contributed by atoms with Crippen molar-refractivity contribution in [1.82, 2.24) is 19.2 Å². The number of nitrogens with zero attached hydrogens (tertiary/aromatic N) is 4. The van der Waals surface area contributed by atoms with Crippen molar-refractivity contribution in [2.75, 3.05) is 18.2 Å². The van der Waals surface area contributed by atoms with Crippen LogP contribution in [-0.4, -0.2) is 51.5 Å². The van der Waals surface area contributed by atoms with Crippen molar-refractivity contribution < 1.29 is 51.2 Å². The van der Waals surface area contributed by atoms with Gasteiger partial charge in [0.2, 0.25) is 5.95 Å². The molecule has 0 bridgehead atoms. The Morgan fingerprint density at radius 2 is 1.84 bits per heavy atom. The molecule has 31 heavy (non-hydrogen) atoms. The second kappa shape index (κ2) is 8.35. The molecular formula is C10H17N6O12P3. The van der Waals surface area contributed by atoms with Crippen LogP contribution in [0.3, 0.4) is 0 Å². The Kier molecular flexibility index (Phi) is 6.46. The van der Waals surface area contributed by atoms with Crippen LogP contribution in [0.2, 0.25) is 0 Å². The van der Waals surface area contributed by atoms with Gasteiger partial charge in [-0.1, -0.05) is 0 Å². The average molecular weight is 506 g/mol. The van der Waals surface area contributed by atoms with Gasteiger partial charge in [-0.05, 0) is 12.8 Å². The second-order valence-electron chi connectivity index (χ2n) is 6.15. The number of aromatic nitrogens is 4. The zero-order valence-electron chi connectivity index (χ0n) is 15.2. The van der Waals surface area contributed by atoms with Crippen molar-refractivity contribution in [3.05, 3.63) is 16.7 Å². The van der Waals surface area contributed by atoms with Gasteiger partial charge in [0.05, 0.1) is 19.0 Å². The van der Waals surface area contributed by atoms with E-state index in [1.54, 1.807) is 0 Å². The van der Waals surface area contributed by atoms with Crippen molar-refractivity contribution in [2.24, 2.45) is 0 Å². The monoisotopic (exact) mass is 506 g/mol. The van der Waals surface area contributed by atoms with Crippen LogP contribution in [0.4, 0.5) is 5.95 Å². The number of phosphoric ester groups is 1. The van der Waals surface area contributed by atoms with Gasteiger partial charge in [0, 0.05) is 0 Å². The lowest BCUT2D eigenvalue weighted by Gasteiger charge is -2.19. The van der Waals surface area contributed by atoms with Gasteiger partial charge in [-0.25, -0.2) is 23.4 Å². The van der Waals surface area contributed by atoms with Gasteiger partial charge < -0.3 is 35.9 Å². The Morgan fingerprint density at radius 1 is 1.16 bits per heavy atom. The number of rotatable bonds is 8. The third-order valence-electron chi connectivity index (χ3n) is 3.90. The van der Waals surface area contributed by atoms with E-state index in [4.69, 9.17) is 31.0 Å². The molecule has 8 N–H and O–H groups in total. The first-order valence-corrected chi connectivity index (χ1v) is 12.6. The van der Waals surface area contributed by atoms with Gasteiger partial charge in [0.15, 0.2) is 11.2 Å². The van der Waals surface area contributed by atoms with Crippen LogP contribution in [0.25, 0.3) is 11.2 Å². The van der Waals surface area contributed by atoms with E-state index in [1.807, 2.05) is 0 Å². The summed E-state index contributed by atoms with van der Waals surface area (Å²) in [5, 5.41) is 0. The van der Waals surface area contributed by atoms with Gasteiger partial charge in [0.1, 0.15) is 6.23 Å². The van der Waals surface area contributed by atoms with E-state index < -0.39 is 48.0 Å². The molecule has 4 atom stereocenters. The maximum absolute atomic E-state index is 11.9. The van der Waals surface area contributed by atoms with Crippen molar-refractivity contribution in [3.63, 3.8) is 0 Å². The van der Waals surface area contributed by atoms with Crippen molar-refractivity contribution in [3.8, 4) is 0 Å². The topological polar surface area (TPSA) is 274 Å². The fraction of sp³-hybridized carbons (Fsp3) is 0.500. The lowest BCUT2D eigenvalue weighted by Crippen LogP contribution is -2.25. The number of imidazole rings is 1. The maximum atomic E-state index is 11.9. The van der Waals surface area contributed by atoms with Crippen LogP contribution in [0.5, 0.6) is 0 Å². The molecule has 3 heterocycles. The Balaban J connectivity index is 1.65. The molecule has 1 saturated heterocycles. The highest BCUT2D eigenvalue weighted by atomic mass is 31.3. The van der Waals surface area contributed by atoms with Crippen LogP contribution in [0, 0.1) is 0 Å². The van der Waals surface area contributed by atoms with E-state index >= 15 is 0 Å². The van der Waals surface area contributed by atoms with Crippen LogP contribution >= 0.6 is 23.5 Å². The van der Waals surface area contributed by atoms with E-state index in [0.717, 1.165) is 4.68 Å². The van der Waals surface area contributed by atoms with Crippen molar-refractivity contribution >= 4 is 40.6 Å². The van der Waals surface area contributed by atoms with Gasteiger partial charge in [-0.15, -0.1) is 0 Å². The fourth-order valence-corrected chi connectivity index (χ4v) is 5.82. The van der Waals surface area contributed by atoms with Gasteiger partial charge in [-0.3, -0.25) is 13.9 Å². The SMILES string of the molecule is Nc1nc(=O)c2ncn([C@H]3CC[C@@H](COP(=O)(O)OP(=O)(O)OP(=O)(O)O)O3)c2n1N. The van der Waals surface area contributed by atoms with E-state index in [2.05, 4.69) is 23.1 Å². The van der Waals surface area contributed by atoms with E-state index in [1.165, 1.54) is 10.9 Å². The molecule has 0 amide bonds. The third-order valence-corrected chi connectivity index (χ3v) is 7.70. The minimum Gasteiger partial charge on any atom is -0.368 e. The molecular weight excluding hydrogens is 489 g/mol. The first-order valence-electron chi connectivity index (χ1n) is 8.11. The highest BCUT2D eigenvalue weighted by Gasteiger charge is 2.41. The third kappa shape index (κ3) is 5.77. The fourth-order valence-electron chi connectivity index (χ4n) is 2.77. The lowest BCUT2D eigenvalue weighted by molar-refractivity contribution is -0.0206. The van der Waals surface area contributed by atoms with E-state index in [0.29, 0.717) is 6.42 Å². The first-order chi connectivity index (χ1) is 14.2. The molecule has 1 fully saturated rings. The summed E-state index contributed by atoms with van der Waals surface area (Å²) >= 11 is 0. The van der Waals surface area contributed by atoms with Gasteiger partial charge in [0.25, 0.3) is 0 Å². The predicted molar refractivity (Wildman–Crippen MR) is 99.3 cm³/mol. The van der Waals surface area contributed by atoms with Crippen molar-refractivity contribution in [1.29, 1.82) is 0 Å². The number of hydrogen-bond donors (Lipinski definition) is 6. The summed E-state index contributed by atoms with van der Waals surface area (Å²) < 4.78 is 53.5. The Hall–Kier alpha value is -1.68. The normalized spacial score (nSPS) is 23.6. The molecule has 0 aromatic carbocycles. The molecule has 0 spiro atoms. The largest absolute Gasteiger partial charge is 0.490 e. The summed E-state index contributed by atoms with van der Waals surface area (Å²) in [5.74, 6) is 5.54. The van der Waals surface area contributed by atoms with E-state index in [9.17, 15) is 23.4 Å². The molecule has 2 aromatic heterocycles. The number of anilines is 1. The molecule has 0 saturated carbocycles. The summed E-state index contributed by atoms with van der Waals surface area (Å²) in [5.41, 5.74) is 4.94. The molecule has 2 unspecified atom stereocenters. The first kappa shape index (κ1) is 24.0. The number of hydrogen-bond acceptors (Lipinski definition) is 12. The predicted octanol–water partition coefficient (Wildman–Crippen LogP) is -1.09. The van der Waals surface area contributed by atoms with Crippen LogP contribution in [0.1, 0.15) is 19.1 Å². The van der Waals surface area contributed by atoms with Crippen molar-refractivity contribution in [2.45, 2.75) is 25.2 Å². The Morgan fingerprint density at radius 3 is 2.48 bits per heavy atom. The molecule has 0 radical (unpaired) electrons. The zero-order chi connectivity index (χ0) is 23.2. The minimum atomic E-state index is -5.61. The highest BCUT2D eigenvalue weighted by molar-refractivity contribution is 7.66. The van der Waals surface area contributed by atoms with Gasteiger partial charge >= 0.3 is 29.0 Å². The zero-order valence-corrected chi connectivity index (χ0v) is 17.9. The summed E-state index contributed by atoms with van der Waals surface area (Å²) in [7, 11) is -16.4. The van der Waals surface area contributed by atoms with Crippen LogP contribution in [0.15, 0.2) is 11.1 Å². The molecule has 0 aliphatic carbocycles. The molecule has 174 valence electrons. The number of ether oxygens (including phenoxy) is 1. The second-order valence-corrected chi connectivity index (χ2v) is 10.6. The number of fused-ring (bicyclic) bond motifs is 1. The summed E-state index contributed by atoms with van der Waals surface area (Å²) in [6.07, 6.45) is 0.327. The highest BCUT2D eigenvalue weighted by Crippen LogP contribution is 2.66. The van der Waals surface area contributed by atoms with E-state index in [-0.39, 0.29) is 23.5 Å². The van der Waals surface area contributed by atoms with Crippen LogP contribution < -0.4 is 17.1 Å². The summed E-state index contributed by atoms with van der Waals surface area (Å²) in [6.45, 7) is -0.605.